The summed E-state index contributed by atoms with van der Waals surface area (Å²) in [6, 6.07) is 14.2. The van der Waals surface area contributed by atoms with Crippen molar-refractivity contribution < 1.29 is 9.47 Å². The fourth-order valence-electron chi connectivity index (χ4n) is 1.91. The predicted octanol–water partition coefficient (Wildman–Crippen LogP) is 2.44. The van der Waals surface area contributed by atoms with Crippen molar-refractivity contribution in [3.63, 3.8) is 0 Å². The predicted molar refractivity (Wildman–Crippen MR) is 78.8 cm³/mol. The van der Waals surface area contributed by atoms with Crippen molar-refractivity contribution in [3.05, 3.63) is 60.4 Å². The van der Waals surface area contributed by atoms with Crippen LogP contribution in [0.4, 0.5) is 0 Å². The third-order valence-electron chi connectivity index (χ3n) is 2.95. The zero-order valence-corrected chi connectivity index (χ0v) is 11.7. The number of nitrogens with zero attached hydrogens (tertiary/aromatic N) is 1. The molecule has 4 heteroatoms. The molecule has 0 fully saturated rings. The highest BCUT2D eigenvalue weighted by molar-refractivity contribution is 5.20. The van der Waals surface area contributed by atoms with Crippen molar-refractivity contribution >= 4 is 0 Å². The molecular weight excluding hydrogens is 252 g/mol. The molecule has 0 aliphatic rings. The summed E-state index contributed by atoms with van der Waals surface area (Å²) in [6.07, 6.45) is 3.45. The maximum atomic E-state index is 5.79. The number of rotatable bonds is 8. The van der Waals surface area contributed by atoms with Crippen molar-refractivity contribution in [2.75, 3.05) is 26.9 Å². The van der Waals surface area contributed by atoms with Crippen LogP contribution < -0.4 is 10.1 Å². The average Bonchev–Trinajstić information content (AvgIpc) is 2.52. The van der Waals surface area contributed by atoms with Gasteiger partial charge in [-0.15, -0.1) is 0 Å². The third-order valence-corrected chi connectivity index (χ3v) is 2.95. The van der Waals surface area contributed by atoms with Gasteiger partial charge in [0.05, 0.1) is 18.8 Å². The summed E-state index contributed by atoms with van der Waals surface area (Å²) < 4.78 is 10.9. The largest absolute Gasteiger partial charge is 0.490 e. The van der Waals surface area contributed by atoms with E-state index < -0.39 is 0 Å². The molecule has 1 atom stereocenters. The van der Waals surface area contributed by atoms with Crippen molar-refractivity contribution in [3.8, 4) is 5.75 Å². The van der Waals surface area contributed by atoms with E-state index in [1.807, 2.05) is 30.3 Å². The topological polar surface area (TPSA) is 43.4 Å². The Kier molecular flexibility index (Phi) is 6.02. The molecule has 4 nitrogen and oxygen atoms in total. The van der Waals surface area contributed by atoms with Gasteiger partial charge in [0.25, 0.3) is 0 Å². The molecule has 1 unspecified atom stereocenters. The van der Waals surface area contributed by atoms with Gasteiger partial charge in [-0.1, -0.05) is 30.3 Å². The van der Waals surface area contributed by atoms with Crippen LogP contribution in [0.2, 0.25) is 0 Å². The van der Waals surface area contributed by atoms with E-state index in [1.54, 1.807) is 19.5 Å². The molecule has 0 bridgehead atoms. The fourth-order valence-corrected chi connectivity index (χ4v) is 1.91. The van der Waals surface area contributed by atoms with Gasteiger partial charge in [-0.25, -0.2) is 0 Å². The lowest BCUT2D eigenvalue weighted by Gasteiger charge is -2.19. The Morgan fingerprint density at radius 2 is 2.00 bits per heavy atom. The Labute approximate surface area is 119 Å². The van der Waals surface area contributed by atoms with Crippen LogP contribution in [0.5, 0.6) is 5.75 Å². The van der Waals surface area contributed by atoms with Gasteiger partial charge in [0, 0.05) is 19.9 Å². The molecule has 1 heterocycles. The number of nitrogens with one attached hydrogen (secondary N) is 1. The van der Waals surface area contributed by atoms with E-state index in [9.17, 15) is 0 Å². The van der Waals surface area contributed by atoms with Crippen LogP contribution in [-0.4, -0.2) is 31.9 Å². The van der Waals surface area contributed by atoms with E-state index in [2.05, 4.69) is 22.4 Å². The van der Waals surface area contributed by atoms with Gasteiger partial charge >= 0.3 is 0 Å². The van der Waals surface area contributed by atoms with Gasteiger partial charge in [-0.2, -0.15) is 0 Å². The standard InChI is InChI=1S/C16H20N2O2/c1-19-11-10-18-16(14-6-3-2-4-7-14)13-20-15-8-5-9-17-12-15/h2-9,12,16,18H,10-11,13H2,1H3. The maximum Gasteiger partial charge on any atom is 0.137 e. The van der Waals surface area contributed by atoms with Gasteiger partial charge in [0.15, 0.2) is 0 Å². The highest BCUT2D eigenvalue weighted by atomic mass is 16.5. The number of aromatic nitrogens is 1. The van der Waals surface area contributed by atoms with E-state index in [1.165, 1.54) is 5.56 Å². The van der Waals surface area contributed by atoms with Gasteiger partial charge in [0.2, 0.25) is 0 Å². The molecule has 1 aromatic heterocycles. The summed E-state index contributed by atoms with van der Waals surface area (Å²) >= 11 is 0. The van der Waals surface area contributed by atoms with E-state index in [0.29, 0.717) is 13.2 Å². The number of hydrogen-bond acceptors (Lipinski definition) is 4. The minimum Gasteiger partial charge on any atom is -0.490 e. The molecule has 0 saturated carbocycles. The number of pyridine rings is 1. The first-order chi connectivity index (χ1) is 9.90. The monoisotopic (exact) mass is 272 g/mol. The summed E-state index contributed by atoms with van der Waals surface area (Å²) in [7, 11) is 1.70. The molecule has 0 spiro atoms. The summed E-state index contributed by atoms with van der Waals surface area (Å²) in [5.74, 6) is 0.780. The second kappa shape index (κ2) is 8.30. The van der Waals surface area contributed by atoms with Gasteiger partial charge < -0.3 is 14.8 Å². The summed E-state index contributed by atoms with van der Waals surface area (Å²) in [6.45, 7) is 2.02. The summed E-state index contributed by atoms with van der Waals surface area (Å²) in [4.78, 5) is 4.05. The quantitative estimate of drug-likeness (QED) is 0.750. The number of hydrogen-bond donors (Lipinski definition) is 1. The van der Waals surface area contributed by atoms with Crippen LogP contribution in [-0.2, 0) is 4.74 Å². The Bertz CT molecular complexity index is 476. The molecule has 0 amide bonds. The second-order valence-corrected chi connectivity index (χ2v) is 4.41. The molecule has 0 aliphatic carbocycles. The molecule has 0 radical (unpaired) electrons. The zero-order valence-electron chi connectivity index (χ0n) is 11.7. The molecule has 1 N–H and O–H groups in total. The molecule has 106 valence electrons. The lowest BCUT2D eigenvalue weighted by atomic mass is 10.1. The molecule has 0 aliphatic heterocycles. The number of methoxy groups -OCH3 is 1. The van der Waals surface area contributed by atoms with E-state index in [0.717, 1.165) is 12.3 Å². The Morgan fingerprint density at radius 3 is 2.70 bits per heavy atom. The van der Waals surface area contributed by atoms with Crippen LogP contribution in [0.3, 0.4) is 0 Å². The Hall–Kier alpha value is -1.91. The highest BCUT2D eigenvalue weighted by Crippen LogP contribution is 2.15. The summed E-state index contributed by atoms with van der Waals surface area (Å²) in [5, 5.41) is 3.44. The first-order valence-electron chi connectivity index (χ1n) is 6.70. The van der Waals surface area contributed by atoms with Crippen LogP contribution in [0.25, 0.3) is 0 Å². The minimum atomic E-state index is 0.131. The van der Waals surface area contributed by atoms with Crippen molar-refractivity contribution in [1.82, 2.24) is 10.3 Å². The van der Waals surface area contributed by atoms with Crippen molar-refractivity contribution in [2.24, 2.45) is 0 Å². The SMILES string of the molecule is COCCNC(COc1cccnc1)c1ccccc1. The number of ether oxygens (including phenoxy) is 2. The van der Waals surface area contributed by atoms with Crippen LogP contribution in [0, 0.1) is 0 Å². The first-order valence-corrected chi connectivity index (χ1v) is 6.70. The first kappa shape index (κ1) is 14.5. The lowest BCUT2D eigenvalue weighted by Crippen LogP contribution is -2.29. The highest BCUT2D eigenvalue weighted by Gasteiger charge is 2.11. The van der Waals surface area contributed by atoms with Gasteiger partial charge in [0.1, 0.15) is 12.4 Å². The van der Waals surface area contributed by atoms with Crippen molar-refractivity contribution in [1.29, 1.82) is 0 Å². The Balaban J connectivity index is 1.95. The Morgan fingerprint density at radius 1 is 1.15 bits per heavy atom. The lowest BCUT2D eigenvalue weighted by molar-refractivity contribution is 0.187. The molecule has 2 aromatic rings. The van der Waals surface area contributed by atoms with Crippen LogP contribution >= 0.6 is 0 Å². The molecular formula is C16H20N2O2. The molecule has 20 heavy (non-hydrogen) atoms. The molecule has 2 rings (SSSR count). The average molecular weight is 272 g/mol. The van der Waals surface area contributed by atoms with E-state index >= 15 is 0 Å². The second-order valence-electron chi connectivity index (χ2n) is 4.41. The summed E-state index contributed by atoms with van der Waals surface area (Å²) in [5.41, 5.74) is 1.20. The maximum absolute atomic E-state index is 5.79. The van der Waals surface area contributed by atoms with Gasteiger partial charge in [-0.3, -0.25) is 4.98 Å². The third kappa shape index (κ3) is 4.64. The van der Waals surface area contributed by atoms with E-state index in [-0.39, 0.29) is 6.04 Å². The zero-order chi connectivity index (χ0) is 14.0. The van der Waals surface area contributed by atoms with Gasteiger partial charge in [-0.05, 0) is 17.7 Å². The van der Waals surface area contributed by atoms with Crippen molar-refractivity contribution in [2.45, 2.75) is 6.04 Å². The minimum absolute atomic E-state index is 0.131. The molecule has 0 saturated heterocycles. The smallest absolute Gasteiger partial charge is 0.137 e. The normalized spacial score (nSPS) is 12.1. The fraction of sp³-hybridized carbons (Fsp3) is 0.312. The van der Waals surface area contributed by atoms with Crippen LogP contribution in [0.1, 0.15) is 11.6 Å². The van der Waals surface area contributed by atoms with Crippen LogP contribution in [0.15, 0.2) is 54.9 Å². The van der Waals surface area contributed by atoms with E-state index in [4.69, 9.17) is 9.47 Å². The number of benzene rings is 1. The molecule has 1 aromatic carbocycles.